The van der Waals surface area contributed by atoms with Crippen LogP contribution in [0.3, 0.4) is 0 Å². The summed E-state index contributed by atoms with van der Waals surface area (Å²) in [5.74, 6) is -1.87. The molecule has 1 fully saturated rings. The van der Waals surface area contributed by atoms with Crippen molar-refractivity contribution in [2.24, 2.45) is 5.16 Å². The molecule has 0 saturated carbocycles. The van der Waals surface area contributed by atoms with Crippen LogP contribution in [0, 0.1) is 11.6 Å². The highest BCUT2D eigenvalue weighted by atomic mass is 19.2. The third-order valence-electron chi connectivity index (χ3n) is 6.82. The first-order valence-electron chi connectivity index (χ1n) is 12.1. The number of rotatable bonds is 6. The Balaban J connectivity index is 1.27. The van der Waals surface area contributed by atoms with E-state index in [9.17, 15) is 13.6 Å². The fourth-order valence-electron chi connectivity index (χ4n) is 4.89. The summed E-state index contributed by atoms with van der Waals surface area (Å²) in [6.45, 7) is 5.12. The number of pyridine rings is 1. The van der Waals surface area contributed by atoms with Crippen LogP contribution in [-0.4, -0.2) is 35.3 Å². The van der Waals surface area contributed by atoms with Crippen molar-refractivity contribution < 1.29 is 18.4 Å². The van der Waals surface area contributed by atoms with Crippen molar-refractivity contribution in [3.63, 3.8) is 0 Å². The minimum atomic E-state index is -0.952. The van der Waals surface area contributed by atoms with Crippen molar-refractivity contribution in [2.75, 3.05) is 19.7 Å². The highest BCUT2D eigenvalue weighted by Gasteiger charge is 2.42. The number of likely N-dealkylation sites (tertiary alicyclic amines) is 1. The van der Waals surface area contributed by atoms with E-state index >= 15 is 0 Å². The Morgan fingerprint density at radius 1 is 1.08 bits per heavy atom. The molecule has 0 unspecified atom stereocenters. The van der Waals surface area contributed by atoms with Gasteiger partial charge in [0.25, 0.3) is 0 Å². The van der Waals surface area contributed by atoms with E-state index in [1.54, 1.807) is 25.3 Å². The van der Waals surface area contributed by atoms with E-state index < -0.39 is 11.6 Å². The van der Waals surface area contributed by atoms with Gasteiger partial charge in [0.1, 0.15) is 12.3 Å². The van der Waals surface area contributed by atoms with Gasteiger partial charge in [-0.2, -0.15) is 0 Å². The third kappa shape index (κ3) is 4.92. The summed E-state index contributed by atoms with van der Waals surface area (Å²) >= 11 is 0. The van der Waals surface area contributed by atoms with E-state index in [4.69, 9.17) is 9.57 Å². The van der Waals surface area contributed by atoms with Gasteiger partial charge in [0.05, 0.1) is 17.9 Å². The van der Waals surface area contributed by atoms with Crippen molar-refractivity contribution in [1.29, 1.82) is 0 Å². The largest absolute Gasteiger partial charge is 0.396 e. The Kier molecular flexibility index (Phi) is 6.89. The average Bonchev–Trinajstić information content (AvgIpc) is 3.09. The van der Waals surface area contributed by atoms with Crippen molar-refractivity contribution in [2.45, 2.75) is 38.5 Å². The molecule has 186 valence electrons. The maximum atomic E-state index is 13.8. The van der Waals surface area contributed by atoms with Gasteiger partial charge in [-0.15, -0.1) is 0 Å². The summed E-state index contributed by atoms with van der Waals surface area (Å²) in [5.41, 5.74) is 4.18. The Hall–Kier alpha value is -3.49. The Bertz CT molecular complexity index is 1340. The van der Waals surface area contributed by atoms with E-state index in [-0.39, 0.29) is 11.0 Å². The van der Waals surface area contributed by atoms with Gasteiger partial charge in [0.2, 0.25) is 0 Å². The standard InChI is InChI=1S/C28H27F2N3O3/c1-2-36-32-27(20-5-9-24(29)25(30)15-20)26-10-3-19(16-31-26)17-33-13-11-28(12-14-33)23-8-7-22(34)6-4-21(23)18-35-28/h3-10,15-16H,2,11-14,17-18H2,1H3/b32-27+. The average molecular weight is 492 g/mol. The minimum Gasteiger partial charge on any atom is -0.396 e. The van der Waals surface area contributed by atoms with E-state index in [0.717, 1.165) is 61.3 Å². The molecule has 0 atom stereocenters. The maximum absolute atomic E-state index is 13.8. The van der Waals surface area contributed by atoms with Gasteiger partial charge >= 0.3 is 0 Å². The number of ether oxygens (including phenoxy) is 1. The zero-order valence-corrected chi connectivity index (χ0v) is 20.0. The molecular weight excluding hydrogens is 464 g/mol. The second kappa shape index (κ2) is 10.2. The first kappa shape index (κ1) is 24.2. The fourth-order valence-corrected chi connectivity index (χ4v) is 4.89. The first-order valence-corrected chi connectivity index (χ1v) is 12.1. The molecule has 0 N–H and O–H groups in total. The molecule has 0 radical (unpaired) electrons. The SMILES string of the molecule is CCO/N=C(\c1ccc(F)c(F)c1)c1ccc(CN2CCC3(CC2)OCc2ccc(=O)ccc23)cn1. The molecule has 1 spiro atoms. The molecule has 6 nitrogen and oxygen atoms in total. The van der Waals surface area contributed by atoms with E-state index in [2.05, 4.69) is 15.0 Å². The Morgan fingerprint density at radius 2 is 1.89 bits per heavy atom. The number of nitrogens with zero attached hydrogens (tertiary/aromatic N) is 3. The molecule has 0 amide bonds. The lowest BCUT2D eigenvalue weighted by Gasteiger charge is -2.39. The molecule has 3 heterocycles. The quantitative estimate of drug-likeness (QED) is 0.375. The molecule has 0 aliphatic carbocycles. The summed E-state index contributed by atoms with van der Waals surface area (Å²) < 4.78 is 33.5. The normalized spacial score (nSPS) is 17.2. The van der Waals surface area contributed by atoms with Crippen LogP contribution in [0.25, 0.3) is 0 Å². The molecule has 0 bridgehead atoms. The molecule has 5 rings (SSSR count). The molecule has 2 aliphatic heterocycles. The molecule has 2 aromatic carbocycles. The minimum absolute atomic E-state index is 0.00644. The monoisotopic (exact) mass is 491 g/mol. The van der Waals surface area contributed by atoms with E-state index in [0.29, 0.717) is 30.2 Å². The number of aromatic nitrogens is 1. The predicted octanol–water partition coefficient (Wildman–Crippen LogP) is 4.53. The summed E-state index contributed by atoms with van der Waals surface area (Å²) in [6, 6.07) is 14.4. The number of hydrogen-bond acceptors (Lipinski definition) is 6. The molecular formula is C28H27F2N3O3. The van der Waals surface area contributed by atoms with Crippen molar-refractivity contribution >= 4 is 5.71 Å². The first-order chi connectivity index (χ1) is 17.5. The number of piperidine rings is 1. The van der Waals surface area contributed by atoms with Crippen molar-refractivity contribution in [1.82, 2.24) is 9.88 Å². The van der Waals surface area contributed by atoms with Crippen LogP contribution >= 0.6 is 0 Å². The van der Waals surface area contributed by atoms with E-state index in [1.165, 1.54) is 6.07 Å². The van der Waals surface area contributed by atoms with Gasteiger partial charge in [-0.3, -0.25) is 14.7 Å². The summed E-state index contributed by atoms with van der Waals surface area (Å²) in [5, 5.41) is 4.09. The third-order valence-corrected chi connectivity index (χ3v) is 6.82. The van der Waals surface area contributed by atoms with Crippen LogP contribution in [0.4, 0.5) is 8.78 Å². The van der Waals surface area contributed by atoms with Gasteiger partial charge < -0.3 is 9.57 Å². The van der Waals surface area contributed by atoms with Crippen LogP contribution in [0.2, 0.25) is 0 Å². The smallest absolute Gasteiger partial charge is 0.178 e. The second-order valence-electron chi connectivity index (χ2n) is 9.11. The van der Waals surface area contributed by atoms with Crippen molar-refractivity contribution in [3.8, 4) is 0 Å². The summed E-state index contributed by atoms with van der Waals surface area (Å²) in [4.78, 5) is 23.9. The van der Waals surface area contributed by atoms with Crippen molar-refractivity contribution in [3.05, 3.63) is 111 Å². The number of halogens is 2. The lowest BCUT2D eigenvalue weighted by atomic mass is 9.84. The highest BCUT2D eigenvalue weighted by molar-refractivity contribution is 6.11. The second-order valence-corrected chi connectivity index (χ2v) is 9.11. The van der Waals surface area contributed by atoms with Gasteiger partial charge in [-0.05, 0) is 72.9 Å². The Morgan fingerprint density at radius 3 is 2.61 bits per heavy atom. The van der Waals surface area contributed by atoms with Crippen LogP contribution in [0.5, 0.6) is 0 Å². The Labute approximate surface area is 208 Å². The number of benzene rings is 1. The lowest BCUT2D eigenvalue weighted by Crippen LogP contribution is -2.42. The maximum Gasteiger partial charge on any atom is 0.178 e. The fraction of sp³-hybridized carbons (Fsp3) is 0.321. The van der Waals surface area contributed by atoms with Gasteiger partial charge in [-0.1, -0.05) is 23.4 Å². The lowest BCUT2D eigenvalue weighted by molar-refractivity contribution is -0.0799. The van der Waals surface area contributed by atoms with Crippen LogP contribution in [0.15, 0.2) is 70.7 Å². The van der Waals surface area contributed by atoms with Gasteiger partial charge in [0.15, 0.2) is 17.1 Å². The zero-order chi connectivity index (χ0) is 25.1. The molecule has 36 heavy (non-hydrogen) atoms. The summed E-state index contributed by atoms with van der Waals surface area (Å²) in [7, 11) is 0. The highest BCUT2D eigenvalue weighted by Crippen LogP contribution is 2.43. The number of oxime groups is 1. The van der Waals surface area contributed by atoms with E-state index in [1.807, 2.05) is 24.3 Å². The molecule has 8 heteroatoms. The molecule has 3 aromatic rings. The summed E-state index contributed by atoms with van der Waals surface area (Å²) in [6.07, 6.45) is 3.48. The van der Waals surface area contributed by atoms with Crippen LogP contribution < -0.4 is 5.43 Å². The van der Waals surface area contributed by atoms with Crippen LogP contribution in [0.1, 0.15) is 47.7 Å². The molecule has 1 saturated heterocycles. The van der Waals surface area contributed by atoms with Gasteiger partial charge in [0, 0.05) is 31.4 Å². The number of hydrogen-bond donors (Lipinski definition) is 0. The zero-order valence-electron chi connectivity index (χ0n) is 20.0. The molecule has 1 aromatic heterocycles. The van der Waals surface area contributed by atoms with Crippen LogP contribution in [-0.2, 0) is 28.3 Å². The topological polar surface area (TPSA) is 64.0 Å². The molecule has 2 aliphatic rings. The van der Waals surface area contributed by atoms with Gasteiger partial charge in [-0.25, -0.2) is 8.78 Å². The predicted molar refractivity (Wildman–Crippen MR) is 132 cm³/mol. The number of fused-ring (bicyclic) bond motifs is 2.